The first-order chi connectivity index (χ1) is 9.15. The lowest BCUT2D eigenvalue weighted by molar-refractivity contribution is 0.0692. The predicted octanol–water partition coefficient (Wildman–Crippen LogP) is 3.22. The maximum Gasteiger partial charge on any atom is 0.338 e. The van der Waals surface area contributed by atoms with E-state index in [0.717, 1.165) is 16.7 Å². The minimum Gasteiger partial charge on any atom is -0.478 e. The maximum absolute atomic E-state index is 13.4. The van der Waals surface area contributed by atoms with Gasteiger partial charge in [-0.05, 0) is 40.5 Å². The molecule has 1 N–H and O–H groups in total. The van der Waals surface area contributed by atoms with Crippen molar-refractivity contribution in [2.24, 2.45) is 0 Å². The van der Waals surface area contributed by atoms with E-state index in [9.17, 15) is 9.18 Å². The third-order valence-electron chi connectivity index (χ3n) is 3.25. The fourth-order valence-electron chi connectivity index (χ4n) is 2.22. The summed E-state index contributed by atoms with van der Waals surface area (Å²) in [5.74, 6) is -1.98. The van der Waals surface area contributed by atoms with Crippen LogP contribution in [0.25, 0.3) is 11.1 Å². The number of carboxylic acid groups (broad SMARTS) is 1. The van der Waals surface area contributed by atoms with Crippen LogP contribution in [0.3, 0.4) is 0 Å². The third-order valence-corrected chi connectivity index (χ3v) is 3.25. The number of fused-ring (bicyclic) bond motifs is 1. The maximum atomic E-state index is 13.4. The first-order valence-corrected chi connectivity index (χ1v) is 5.88. The Bertz CT molecular complexity index is 664. The van der Waals surface area contributed by atoms with Crippen molar-refractivity contribution in [2.45, 2.75) is 13.2 Å². The van der Waals surface area contributed by atoms with E-state index in [1.54, 1.807) is 6.07 Å². The molecular weight excluding hydrogens is 247 g/mol. The van der Waals surface area contributed by atoms with Gasteiger partial charge in [0, 0.05) is 0 Å². The van der Waals surface area contributed by atoms with Crippen molar-refractivity contribution in [3.05, 3.63) is 58.9 Å². The van der Waals surface area contributed by atoms with Gasteiger partial charge in [0.25, 0.3) is 0 Å². The molecule has 0 spiro atoms. The van der Waals surface area contributed by atoms with Crippen LogP contribution in [0, 0.1) is 5.82 Å². The van der Waals surface area contributed by atoms with Crippen LogP contribution < -0.4 is 0 Å². The second-order valence-electron chi connectivity index (χ2n) is 4.48. The summed E-state index contributed by atoms with van der Waals surface area (Å²) < 4.78 is 18.7. The molecule has 0 aliphatic carbocycles. The van der Waals surface area contributed by atoms with Crippen LogP contribution in [0.1, 0.15) is 21.5 Å². The van der Waals surface area contributed by atoms with Gasteiger partial charge in [0.1, 0.15) is 5.82 Å². The Morgan fingerprint density at radius 2 is 1.74 bits per heavy atom. The number of carbonyl (C=O) groups is 1. The fourth-order valence-corrected chi connectivity index (χ4v) is 2.22. The Balaban J connectivity index is 2.07. The summed E-state index contributed by atoms with van der Waals surface area (Å²) in [5, 5.41) is 8.93. The van der Waals surface area contributed by atoms with E-state index in [2.05, 4.69) is 0 Å². The molecule has 2 aromatic carbocycles. The van der Waals surface area contributed by atoms with E-state index in [4.69, 9.17) is 9.84 Å². The van der Waals surface area contributed by atoms with Gasteiger partial charge in [-0.2, -0.15) is 0 Å². The Kier molecular flexibility index (Phi) is 2.80. The van der Waals surface area contributed by atoms with Crippen LogP contribution in [0.4, 0.5) is 4.39 Å². The molecule has 0 amide bonds. The largest absolute Gasteiger partial charge is 0.478 e. The summed E-state index contributed by atoms with van der Waals surface area (Å²) >= 11 is 0. The van der Waals surface area contributed by atoms with E-state index in [0.29, 0.717) is 18.8 Å². The molecule has 0 atom stereocenters. The molecule has 1 aliphatic heterocycles. The third kappa shape index (κ3) is 2.11. The molecule has 19 heavy (non-hydrogen) atoms. The monoisotopic (exact) mass is 258 g/mol. The highest BCUT2D eigenvalue weighted by Crippen LogP contribution is 2.28. The van der Waals surface area contributed by atoms with Crippen molar-refractivity contribution in [1.29, 1.82) is 0 Å². The second-order valence-corrected chi connectivity index (χ2v) is 4.48. The summed E-state index contributed by atoms with van der Waals surface area (Å²) in [4.78, 5) is 10.9. The van der Waals surface area contributed by atoms with Crippen molar-refractivity contribution in [2.75, 3.05) is 0 Å². The highest BCUT2D eigenvalue weighted by atomic mass is 19.1. The SMILES string of the molecule is O=C(O)c1cc(-c2ccc3c(c2)COC3)ccc1F. The molecule has 0 radical (unpaired) electrons. The van der Waals surface area contributed by atoms with Gasteiger partial charge in [0.05, 0.1) is 18.8 Å². The van der Waals surface area contributed by atoms with Gasteiger partial charge in [-0.25, -0.2) is 9.18 Å². The molecule has 0 unspecified atom stereocenters. The van der Waals surface area contributed by atoms with Crippen LogP contribution in [0.15, 0.2) is 36.4 Å². The van der Waals surface area contributed by atoms with Crippen LogP contribution in [0.5, 0.6) is 0 Å². The Hall–Kier alpha value is -2.20. The van der Waals surface area contributed by atoms with Crippen LogP contribution in [0.2, 0.25) is 0 Å². The molecule has 0 fully saturated rings. The molecule has 3 nitrogen and oxygen atoms in total. The van der Waals surface area contributed by atoms with Crippen molar-refractivity contribution >= 4 is 5.97 Å². The van der Waals surface area contributed by atoms with E-state index in [-0.39, 0.29) is 5.56 Å². The van der Waals surface area contributed by atoms with Crippen LogP contribution in [-0.2, 0) is 18.0 Å². The van der Waals surface area contributed by atoms with Gasteiger partial charge in [-0.15, -0.1) is 0 Å². The number of rotatable bonds is 2. The normalized spacial score (nSPS) is 13.3. The minimum absolute atomic E-state index is 0.311. The van der Waals surface area contributed by atoms with Crippen molar-refractivity contribution in [1.82, 2.24) is 0 Å². The van der Waals surface area contributed by atoms with Crippen LogP contribution in [-0.4, -0.2) is 11.1 Å². The second kappa shape index (κ2) is 4.48. The average molecular weight is 258 g/mol. The first kappa shape index (κ1) is 11.9. The zero-order valence-corrected chi connectivity index (χ0v) is 10.0. The molecule has 4 heteroatoms. The van der Waals surface area contributed by atoms with Crippen molar-refractivity contribution in [3.63, 3.8) is 0 Å². The smallest absolute Gasteiger partial charge is 0.338 e. The lowest BCUT2D eigenvalue weighted by Gasteiger charge is -2.06. The lowest BCUT2D eigenvalue weighted by atomic mass is 9.99. The zero-order valence-electron chi connectivity index (χ0n) is 10.0. The summed E-state index contributed by atoms with van der Waals surface area (Å²) in [6.07, 6.45) is 0. The number of hydrogen-bond acceptors (Lipinski definition) is 2. The number of hydrogen-bond donors (Lipinski definition) is 1. The zero-order chi connectivity index (χ0) is 13.4. The van der Waals surface area contributed by atoms with E-state index >= 15 is 0 Å². The van der Waals surface area contributed by atoms with Gasteiger partial charge < -0.3 is 9.84 Å². The van der Waals surface area contributed by atoms with E-state index in [1.807, 2.05) is 18.2 Å². The molecule has 0 bridgehead atoms. The molecule has 96 valence electrons. The van der Waals surface area contributed by atoms with Crippen molar-refractivity contribution in [3.8, 4) is 11.1 Å². The van der Waals surface area contributed by atoms with E-state index in [1.165, 1.54) is 12.1 Å². The summed E-state index contributed by atoms with van der Waals surface area (Å²) in [6, 6.07) is 9.94. The Morgan fingerprint density at radius 1 is 1.05 bits per heavy atom. The van der Waals surface area contributed by atoms with Gasteiger partial charge in [0.15, 0.2) is 0 Å². The molecule has 1 heterocycles. The Morgan fingerprint density at radius 3 is 2.53 bits per heavy atom. The molecule has 2 aromatic rings. The number of halogens is 1. The quantitative estimate of drug-likeness (QED) is 0.899. The molecule has 0 saturated carbocycles. The Labute approximate surface area is 109 Å². The highest BCUT2D eigenvalue weighted by Gasteiger charge is 2.14. The van der Waals surface area contributed by atoms with Crippen LogP contribution >= 0.6 is 0 Å². The van der Waals surface area contributed by atoms with Gasteiger partial charge in [-0.1, -0.05) is 18.2 Å². The molecule has 0 aromatic heterocycles. The molecule has 0 saturated heterocycles. The number of carboxylic acids is 1. The number of aromatic carboxylic acids is 1. The first-order valence-electron chi connectivity index (χ1n) is 5.88. The fraction of sp³-hybridized carbons (Fsp3) is 0.133. The molecular formula is C15H11FO3. The predicted molar refractivity (Wildman–Crippen MR) is 67.3 cm³/mol. The molecule has 3 rings (SSSR count). The van der Waals surface area contributed by atoms with Crippen molar-refractivity contribution < 1.29 is 19.0 Å². The summed E-state index contributed by atoms with van der Waals surface area (Å²) in [5.41, 5.74) is 3.48. The topological polar surface area (TPSA) is 46.5 Å². The van der Waals surface area contributed by atoms with Gasteiger partial charge in [0.2, 0.25) is 0 Å². The average Bonchev–Trinajstić information content (AvgIpc) is 2.86. The summed E-state index contributed by atoms with van der Waals surface area (Å²) in [7, 11) is 0. The minimum atomic E-state index is -1.26. The lowest BCUT2D eigenvalue weighted by Crippen LogP contribution is -2.00. The standard InChI is InChI=1S/C15H11FO3/c16-14-4-3-10(6-13(14)15(17)18)9-1-2-11-7-19-8-12(11)5-9/h1-6H,7-8H2,(H,17,18). The number of ether oxygens (including phenoxy) is 1. The van der Waals surface area contributed by atoms with Gasteiger partial charge >= 0.3 is 5.97 Å². The van der Waals surface area contributed by atoms with E-state index < -0.39 is 11.8 Å². The summed E-state index contributed by atoms with van der Waals surface area (Å²) in [6.45, 7) is 1.18. The van der Waals surface area contributed by atoms with Gasteiger partial charge in [-0.3, -0.25) is 0 Å². The highest BCUT2D eigenvalue weighted by molar-refractivity contribution is 5.89. The molecule has 1 aliphatic rings. The number of benzene rings is 2.